The molecule has 0 aliphatic carbocycles. The van der Waals surface area contributed by atoms with E-state index in [1.165, 1.54) is 23.3 Å². The summed E-state index contributed by atoms with van der Waals surface area (Å²) in [6, 6.07) is 15.0. The van der Waals surface area contributed by atoms with Gasteiger partial charge in [0.1, 0.15) is 9.88 Å². The Kier molecular flexibility index (Phi) is 5.66. The molecule has 1 aliphatic heterocycles. The third-order valence-electron chi connectivity index (χ3n) is 5.80. The molecule has 172 valence electrons. The van der Waals surface area contributed by atoms with Crippen molar-refractivity contribution in [2.24, 2.45) is 0 Å². The number of benzene rings is 2. The highest BCUT2D eigenvalue weighted by atomic mass is 32.1. The number of carbonyl (C=O) groups excluding carboxylic acids is 2. The van der Waals surface area contributed by atoms with Crippen molar-refractivity contribution in [2.45, 2.75) is 26.3 Å². The van der Waals surface area contributed by atoms with E-state index in [0.29, 0.717) is 26.3 Å². The average Bonchev–Trinajstić information content (AvgIpc) is 3.52. The molecule has 0 bridgehead atoms. The Morgan fingerprint density at radius 3 is 2.53 bits per heavy atom. The van der Waals surface area contributed by atoms with Crippen molar-refractivity contribution in [3.05, 3.63) is 81.0 Å². The number of nitrogens with zero attached hydrogens (tertiary/aromatic N) is 3. The van der Waals surface area contributed by atoms with E-state index < -0.39 is 17.9 Å². The van der Waals surface area contributed by atoms with Gasteiger partial charge in [-0.15, -0.1) is 11.3 Å². The van der Waals surface area contributed by atoms with E-state index in [-0.39, 0.29) is 5.76 Å². The van der Waals surface area contributed by atoms with Crippen LogP contribution in [0.3, 0.4) is 0 Å². The fourth-order valence-electron chi connectivity index (χ4n) is 4.03. The van der Waals surface area contributed by atoms with Crippen LogP contribution in [0.2, 0.25) is 0 Å². The molecular weight excluding hydrogens is 470 g/mol. The van der Waals surface area contributed by atoms with E-state index in [1.807, 2.05) is 48.5 Å². The van der Waals surface area contributed by atoms with Crippen LogP contribution >= 0.6 is 22.7 Å². The topological polar surface area (TPSA) is 92.6 Å². The van der Waals surface area contributed by atoms with Crippen LogP contribution in [0.15, 0.2) is 54.3 Å². The number of aliphatic hydroxyl groups excluding tert-OH is 1. The van der Waals surface area contributed by atoms with Crippen molar-refractivity contribution in [3.63, 3.8) is 0 Å². The minimum absolute atomic E-state index is 0.315. The number of aryl methyl sites for hydroxylation is 2. The number of carbonyl (C=O) groups is 2. The number of amides is 1. The predicted molar refractivity (Wildman–Crippen MR) is 133 cm³/mol. The van der Waals surface area contributed by atoms with Crippen molar-refractivity contribution < 1.29 is 19.4 Å². The lowest BCUT2D eigenvalue weighted by atomic mass is 9.98. The van der Waals surface area contributed by atoms with Gasteiger partial charge in [0.05, 0.1) is 34.6 Å². The summed E-state index contributed by atoms with van der Waals surface area (Å²) in [6.45, 7) is 3.77. The maximum atomic E-state index is 13.4. The van der Waals surface area contributed by atoms with Gasteiger partial charge >= 0.3 is 5.97 Å². The van der Waals surface area contributed by atoms with E-state index in [2.05, 4.69) is 11.9 Å². The van der Waals surface area contributed by atoms with E-state index in [1.54, 1.807) is 6.92 Å². The zero-order valence-electron chi connectivity index (χ0n) is 18.7. The SMILES string of the molecule is CCc1ccc(C2C(c3nc4ccccc4s3)=C(O)C(=O)N2c2nc(C)c(C(=O)OC)s2)cc1. The van der Waals surface area contributed by atoms with Gasteiger partial charge in [0.25, 0.3) is 5.91 Å². The molecular formula is C25H21N3O4S2. The van der Waals surface area contributed by atoms with Gasteiger partial charge in [-0.3, -0.25) is 9.69 Å². The zero-order chi connectivity index (χ0) is 24.0. The summed E-state index contributed by atoms with van der Waals surface area (Å²) in [4.78, 5) is 36.6. The smallest absolute Gasteiger partial charge is 0.350 e. The van der Waals surface area contributed by atoms with Gasteiger partial charge in [-0.05, 0) is 36.6 Å². The molecule has 2 aromatic heterocycles. The van der Waals surface area contributed by atoms with E-state index in [4.69, 9.17) is 9.72 Å². The van der Waals surface area contributed by atoms with Crippen LogP contribution in [0, 0.1) is 6.92 Å². The molecule has 1 atom stereocenters. The Morgan fingerprint density at radius 2 is 1.85 bits per heavy atom. The largest absolute Gasteiger partial charge is 0.503 e. The number of hydrogen-bond acceptors (Lipinski definition) is 8. The summed E-state index contributed by atoms with van der Waals surface area (Å²) in [5, 5.41) is 12.0. The highest BCUT2D eigenvalue weighted by Gasteiger charge is 2.45. The fourth-order valence-corrected chi connectivity index (χ4v) is 6.07. The summed E-state index contributed by atoms with van der Waals surface area (Å²) in [5.74, 6) is -1.46. The fraction of sp³-hybridized carbons (Fsp3) is 0.200. The van der Waals surface area contributed by atoms with Crippen LogP contribution in [-0.2, 0) is 16.0 Å². The molecule has 2 aromatic carbocycles. The Labute approximate surface area is 204 Å². The van der Waals surface area contributed by atoms with Crippen LogP contribution in [0.25, 0.3) is 15.8 Å². The Bertz CT molecular complexity index is 1420. The number of para-hydroxylation sites is 1. The summed E-state index contributed by atoms with van der Waals surface area (Å²) in [6.07, 6.45) is 0.883. The van der Waals surface area contributed by atoms with Gasteiger partial charge < -0.3 is 9.84 Å². The van der Waals surface area contributed by atoms with Crippen molar-refractivity contribution >= 4 is 55.5 Å². The second-order valence-corrected chi connectivity index (χ2v) is 9.83. The first-order valence-corrected chi connectivity index (χ1v) is 12.3. The van der Waals surface area contributed by atoms with Crippen LogP contribution in [0.4, 0.5) is 5.13 Å². The van der Waals surface area contributed by atoms with Crippen LogP contribution in [0.1, 0.15) is 44.5 Å². The molecule has 0 spiro atoms. The van der Waals surface area contributed by atoms with Crippen molar-refractivity contribution in [1.82, 2.24) is 9.97 Å². The summed E-state index contributed by atoms with van der Waals surface area (Å²) >= 11 is 2.49. The maximum absolute atomic E-state index is 13.4. The first-order chi connectivity index (χ1) is 16.4. The van der Waals surface area contributed by atoms with Crippen LogP contribution < -0.4 is 4.90 Å². The van der Waals surface area contributed by atoms with Crippen LogP contribution in [0.5, 0.6) is 0 Å². The summed E-state index contributed by atoms with van der Waals surface area (Å²) in [5.41, 5.74) is 3.67. The molecule has 0 saturated heterocycles. The number of aliphatic hydroxyl groups is 1. The lowest BCUT2D eigenvalue weighted by Crippen LogP contribution is -2.30. The van der Waals surface area contributed by atoms with Gasteiger partial charge in [-0.25, -0.2) is 14.8 Å². The van der Waals surface area contributed by atoms with E-state index >= 15 is 0 Å². The molecule has 1 N–H and O–H groups in total. The van der Waals surface area contributed by atoms with Crippen LogP contribution in [-0.4, -0.2) is 34.1 Å². The van der Waals surface area contributed by atoms with Gasteiger partial charge in [-0.1, -0.05) is 54.7 Å². The molecule has 0 radical (unpaired) electrons. The van der Waals surface area contributed by atoms with E-state index in [0.717, 1.165) is 39.1 Å². The normalized spacial score (nSPS) is 16.0. The number of esters is 1. The Hall–Kier alpha value is -3.56. The minimum atomic E-state index is -0.644. The minimum Gasteiger partial charge on any atom is -0.503 e. The number of hydrogen-bond donors (Lipinski definition) is 1. The molecule has 1 aliphatic rings. The number of rotatable bonds is 5. The lowest BCUT2D eigenvalue weighted by Gasteiger charge is -2.24. The number of aromatic nitrogens is 2. The van der Waals surface area contributed by atoms with Gasteiger partial charge in [-0.2, -0.15) is 0 Å². The zero-order valence-corrected chi connectivity index (χ0v) is 20.4. The molecule has 0 saturated carbocycles. The summed E-state index contributed by atoms with van der Waals surface area (Å²) in [7, 11) is 1.30. The number of anilines is 1. The van der Waals surface area contributed by atoms with Gasteiger partial charge in [0.15, 0.2) is 10.9 Å². The molecule has 0 fully saturated rings. The highest BCUT2D eigenvalue weighted by Crippen LogP contribution is 2.48. The third-order valence-corrected chi connectivity index (χ3v) is 8.00. The first kappa shape index (κ1) is 22.2. The number of thiazole rings is 2. The molecule has 5 rings (SSSR count). The van der Waals surface area contributed by atoms with Gasteiger partial charge in [0.2, 0.25) is 0 Å². The number of fused-ring (bicyclic) bond motifs is 1. The average molecular weight is 492 g/mol. The third kappa shape index (κ3) is 3.57. The van der Waals surface area contributed by atoms with Crippen molar-refractivity contribution in [1.29, 1.82) is 0 Å². The summed E-state index contributed by atoms with van der Waals surface area (Å²) < 4.78 is 5.82. The standard InChI is InChI=1S/C25H21N3O4S2/c1-4-14-9-11-15(12-10-14)19-18(22-27-16-7-5-6-8-17(16)33-22)20(29)23(30)28(19)25-26-13(2)21(34-25)24(31)32-3/h5-12,19,29H,4H2,1-3H3. The Morgan fingerprint density at radius 1 is 1.12 bits per heavy atom. The quantitative estimate of drug-likeness (QED) is 0.372. The maximum Gasteiger partial charge on any atom is 0.350 e. The van der Waals surface area contributed by atoms with E-state index in [9.17, 15) is 14.7 Å². The predicted octanol–water partition coefficient (Wildman–Crippen LogP) is 5.47. The monoisotopic (exact) mass is 491 g/mol. The Balaban J connectivity index is 1.69. The highest BCUT2D eigenvalue weighted by molar-refractivity contribution is 7.19. The molecule has 1 amide bonds. The molecule has 34 heavy (non-hydrogen) atoms. The number of methoxy groups -OCH3 is 1. The lowest BCUT2D eigenvalue weighted by molar-refractivity contribution is -0.117. The number of ether oxygens (including phenoxy) is 1. The first-order valence-electron chi connectivity index (χ1n) is 10.7. The molecule has 7 nitrogen and oxygen atoms in total. The second-order valence-electron chi connectivity index (χ2n) is 7.82. The van der Waals surface area contributed by atoms with Crippen molar-refractivity contribution in [2.75, 3.05) is 12.0 Å². The molecule has 1 unspecified atom stereocenters. The van der Waals surface area contributed by atoms with Crippen molar-refractivity contribution in [3.8, 4) is 0 Å². The molecule has 9 heteroatoms. The second kappa shape index (κ2) is 8.66. The van der Waals surface area contributed by atoms with Gasteiger partial charge in [0, 0.05) is 0 Å². The molecule has 4 aromatic rings. The molecule has 3 heterocycles.